The van der Waals surface area contributed by atoms with Crippen molar-refractivity contribution in [1.82, 2.24) is 15.3 Å². The van der Waals surface area contributed by atoms with Crippen LogP contribution in [-0.4, -0.2) is 15.9 Å². The number of aromatic nitrogens is 2. The molecule has 2 rings (SSSR count). The van der Waals surface area contributed by atoms with E-state index in [1.807, 2.05) is 13.0 Å². The van der Waals surface area contributed by atoms with Gasteiger partial charge in [-0.3, -0.25) is 4.79 Å². The number of hydrogen-bond donors (Lipinski definition) is 1. The summed E-state index contributed by atoms with van der Waals surface area (Å²) >= 11 is 0. The number of carbonyl (C=O) groups is 1. The fourth-order valence-electron chi connectivity index (χ4n) is 1.43. The molecule has 0 fully saturated rings. The maximum Gasteiger partial charge on any atom is 0.270 e. The summed E-state index contributed by atoms with van der Waals surface area (Å²) in [6, 6.07) is 4.99. The Balaban J connectivity index is 1.95. The third-order valence-corrected chi connectivity index (χ3v) is 2.48. The van der Waals surface area contributed by atoms with Crippen LogP contribution >= 0.6 is 0 Å². The van der Waals surface area contributed by atoms with E-state index in [9.17, 15) is 4.79 Å². The smallest absolute Gasteiger partial charge is 0.270 e. The van der Waals surface area contributed by atoms with Gasteiger partial charge in [0.1, 0.15) is 17.5 Å². The Labute approximate surface area is 110 Å². The zero-order chi connectivity index (χ0) is 13.7. The fraction of sp³-hybridized carbons (Fsp3) is 0.231. The van der Waals surface area contributed by atoms with Crippen molar-refractivity contribution in [3.05, 3.63) is 47.4 Å². The zero-order valence-electron chi connectivity index (χ0n) is 10.4. The highest BCUT2D eigenvalue weighted by Crippen LogP contribution is 2.04. The van der Waals surface area contributed by atoms with Gasteiger partial charge >= 0.3 is 0 Å². The van der Waals surface area contributed by atoms with Crippen molar-refractivity contribution in [2.24, 2.45) is 0 Å². The van der Waals surface area contributed by atoms with Gasteiger partial charge in [0.2, 0.25) is 5.89 Å². The van der Waals surface area contributed by atoms with Crippen LogP contribution in [0, 0.1) is 11.3 Å². The molecule has 6 heteroatoms. The monoisotopic (exact) mass is 256 g/mol. The van der Waals surface area contributed by atoms with Gasteiger partial charge in [0.05, 0.1) is 18.3 Å². The van der Waals surface area contributed by atoms with E-state index in [0.717, 1.165) is 12.2 Å². The average Bonchev–Trinajstić information content (AvgIpc) is 2.93. The van der Waals surface area contributed by atoms with E-state index in [1.165, 1.54) is 12.3 Å². The molecule has 0 spiro atoms. The van der Waals surface area contributed by atoms with Gasteiger partial charge in [-0.25, -0.2) is 9.97 Å². The molecular weight excluding hydrogens is 244 g/mol. The molecule has 6 nitrogen and oxygen atoms in total. The number of aryl methyl sites for hydroxylation is 1. The number of rotatable bonds is 4. The van der Waals surface area contributed by atoms with Crippen molar-refractivity contribution in [3.63, 3.8) is 0 Å². The number of pyridine rings is 1. The summed E-state index contributed by atoms with van der Waals surface area (Å²) in [6.45, 7) is 2.17. The standard InChI is InChI=1S/C13H12N4O2/c1-2-10-7-16-12(19-10)8-17-13(18)11-4-3-9(5-14)6-15-11/h3-4,6-7H,2,8H2,1H3,(H,17,18). The summed E-state index contributed by atoms with van der Waals surface area (Å²) in [6.07, 6.45) is 3.76. The third kappa shape index (κ3) is 3.16. The molecule has 0 aliphatic heterocycles. The molecule has 96 valence electrons. The maximum atomic E-state index is 11.8. The highest BCUT2D eigenvalue weighted by molar-refractivity contribution is 5.92. The summed E-state index contributed by atoms with van der Waals surface area (Å²) in [4.78, 5) is 19.7. The predicted molar refractivity (Wildman–Crippen MR) is 66.0 cm³/mol. The highest BCUT2D eigenvalue weighted by atomic mass is 16.4. The van der Waals surface area contributed by atoms with Gasteiger partial charge in [0, 0.05) is 12.6 Å². The zero-order valence-corrected chi connectivity index (χ0v) is 10.4. The van der Waals surface area contributed by atoms with Crippen LogP contribution in [-0.2, 0) is 13.0 Å². The molecule has 0 radical (unpaired) electrons. The maximum absolute atomic E-state index is 11.8. The third-order valence-electron chi connectivity index (χ3n) is 2.48. The minimum atomic E-state index is -0.333. The quantitative estimate of drug-likeness (QED) is 0.893. The first-order chi connectivity index (χ1) is 9.22. The second-order valence-electron chi connectivity index (χ2n) is 3.80. The topological polar surface area (TPSA) is 91.8 Å². The Morgan fingerprint density at radius 3 is 2.84 bits per heavy atom. The van der Waals surface area contributed by atoms with E-state index in [-0.39, 0.29) is 18.1 Å². The molecule has 0 atom stereocenters. The minimum absolute atomic E-state index is 0.209. The fourth-order valence-corrected chi connectivity index (χ4v) is 1.43. The second kappa shape index (κ2) is 5.78. The van der Waals surface area contributed by atoms with Crippen LogP contribution < -0.4 is 5.32 Å². The van der Waals surface area contributed by atoms with Gasteiger partial charge in [-0.2, -0.15) is 5.26 Å². The van der Waals surface area contributed by atoms with Crippen LogP contribution in [0.15, 0.2) is 28.9 Å². The van der Waals surface area contributed by atoms with Crippen molar-refractivity contribution in [2.75, 3.05) is 0 Å². The summed E-state index contributed by atoms with van der Waals surface area (Å²) in [5, 5.41) is 11.3. The number of nitriles is 1. The molecule has 2 aromatic rings. The molecule has 1 N–H and O–H groups in total. The SMILES string of the molecule is CCc1cnc(CNC(=O)c2ccc(C#N)cn2)o1. The Hall–Kier alpha value is -2.68. The van der Waals surface area contributed by atoms with Crippen LogP contribution in [0.2, 0.25) is 0 Å². The van der Waals surface area contributed by atoms with Crippen LogP contribution in [0.3, 0.4) is 0 Å². The van der Waals surface area contributed by atoms with E-state index in [0.29, 0.717) is 11.5 Å². The number of carbonyl (C=O) groups excluding carboxylic acids is 1. The van der Waals surface area contributed by atoms with Gasteiger partial charge in [-0.1, -0.05) is 6.92 Å². The molecule has 0 saturated heterocycles. The lowest BCUT2D eigenvalue weighted by molar-refractivity contribution is 0.0942. The van der Waals surface area contributed by atoms with Crippen molar-refractivity contribution in [3.8, 4) is 6.07 Å². The molecule has 0 bridgehead atoms. The lowest BCUT2D eigenvalue weighted by Crippen LogP contribution is -2.23. The molecule has 0 unspecified atom stereocenters. The molecule has 2 aromatic heterocycles. The van der Waals surface area contributed by atoms with Crippen LogP contribution in [0.5, 0.6) is 0 Å². The molecule has 2 heterocycles. The van der Waals surface area contributed by atoms with E-state index < -0.39 is 0 Å². The van der Waals surface area contributed by atoms with Crippen LogP contribution in [0.25, 0.3) is 0 Å². The number of nitrogens with zero attached hydrogens (tertiary/aromatic N) is 3. The van der Waals surface area contributed by atoms with Gasteiger partial charge < -0.3 is 9.73 Å². The highest BCUT2D eigenvalue weighted by Gasteiger charge is 2.09. The normalized spacial score (nSPS) is 9.89. The molecule has 0 saturated carbocycles. The van der Waals surface area contributed by atoms with Crippen LogP contribution in [0.4, 0.5) is 0 Å². The van der Waals surface area contributed by atoms with Crippen molar-refractivity contribution >= 4 is 5.91 Å². The number of hydrogen-bond acceptors (Lipinski definition) is 5. The van der Waals surface area contributed by atoms with Crippen molar-refractivity contribution in [2.45, 2.75) is 19.9 Å². The number of nitrogens with one attached hydrogen (secondary N) is 1. The molecule has 0 aromatic carbocycles. The molecule has 0 aliphatic carbocycles. The summed E-state index contributed by atoms with van der Waals surface area (Å²) < 4.78 is 5.37. The van der Waals surface area contributed by atoms with E-state index >= 15 is 0 Å². The van der Waals surface area contributed by atoms with Crippen LogP contribution in [0.1, 0.15) is 34.6 Å². The minimum Gasteiger partial charge on any atom is -0.444 e. The van der Waals surface area contributed by atoms with Gasteiger partial charge in [-0.05, 0) is 12.1 Å². The summed E-state index contributed by atoms with van der Waals surface area (Å²) in [5.41, 5.74) is 0.665. The average molecular weight is 256 g/mol. The van der Waals surface area contributed by atoms with Gasteiger partial charge in [-0.15, -0.1) is 0 Å². The van der Waals surface area contributed by atoms with E-state index in [2.05, 4.69) is 15.3 Å². The largest absolute Gasteiger partial charge is 0.444 e. The summed E-state index contributed by atoms with van der Waals surface area (Å²) in [7, 11) is 0. The lowest BCUT2D eigenvalue weighted by atomic mass is 10.2. The first-order valence-corrected chi connectivity index (χ1v) is 5.81. The molecule has 0 aliphatic rings. The molecular formula is C13H12N4O2. The number of amides is 1. The first-order valence-electron chi connectivity index (χ1n) is 5.81. The molecule has 1 amide bonds. The van der Waals surface area contributed by atoms with E-state index in [1.54, 1.807) is 12.3 Å². The Bertz CT molecular complexity index is 610. The van der Waals surface area contributed by atoms with Gasteiger partial charge in [0.15, 0.2) is 0 Å². The van der Waals surface area contributed by atoms with Crippen molar-refractivity contribution < 1.29 is 9.21 Å². The Morgan fingerprint density at radius 2 is 2.26 bits per heavy atom. The first kappa shape index (κ1) is 12.8. The Morgan fingerprint density at radius 1 is 1.42 bits per heavy atom. The second-order valence-corrected chi connectivity index (χ2v) is 3.80. The lowest BCUT2D eigenvalue weighted by Gasteiger charge is -2.01. The summed E-state index contributed by atoms with van der Waals surface area (Å²) in [5.74, 6) is 0.903. The van der Waals surface area contributed by atoms with Crippen molar-refractivity contribution in [1.29, 1.82) is 5.26 Å². The number of oxazole rings is 1. The van der Waals surface area contributed by atoms with E-state index in [4.69, 9.17) is 9.68 Å². The predicted octanol–water partition coefficient (Wildman–Crippen LogP) is 1.43. The Kier molecular flexibility index (Phi) is 3.88. The molecule has 19 heavy (non-hydrogen) atoms. The van der Waals surface area contributed by atoms with Gasteiger partial charge in [0.25, 0.3) is 5.91 Å².